The Balaban J connectivity index is 2.72. The fourth-order valence-electron chi connectivity index (χ4n) is 0.963. The van der Waals surface area contributed by atoms with Crippen molar-refractivity contribution >= 4 is 23.5 Å². The first-order valence-corrected chi connectivity index (χ1v) is 5.39. The van der Waals surface area contributed by atoms with E-state index in [1.807, 2.05) is 6.92 Å². The summed E-state index contributed by atoms with van der Waals surface area (Å²) in [5.74, 6) is -0.825. The predicted octanol–water partition coefficient (Wildman–Crippen LogP) is 2.45. The SMILES string of the molecule is CC(=O)C(C)Sc1ccc(C(=O)O)cc1. The molecule has 1 unspecified atom stereocenters. The van der Waals surface area contributed by atoms with E-state index in [9.17, 15) is 9.59 Å². The lowest BCUT2D eigenvalue weighted by Crippen LogP contribution is -2.07. The maximum absolute atomic E-state index is 11.0. The topological polar surface area (TPSA) is 54.4 Å². The van der Waals surface area contributed by atoms with E-state index in [1.54, 1.807) is 19.1 Å². The smallest absolute Gasteiger partial charge is 0.335 e. The number of carbonyl (C=O) groups excluding carboxylic acids is 1. The summed E-state index contributed by atoms with van der Waals surface area (Å²) in [7, 11) is 0. The van der Waals surface area contributed by atoms with Crippen molar-refractivity contribution in [1.29, 1.82) is 0 Å². The molecule has 3 nitrogen and oxygen atoms in total. The second-order valence-corrected chi connectivity index (χ2v) is 4.61. The average molecular weight is 224 g/mol. The van der Waals surface area contributed by atoms with Crippen molar-refractivity contribution in [3.63, 3.8) is 0 Å². The maximum Gasteiger partial charge on any atom is 0.335 e. The molecular weight excluding hydrogens is 212 g/mol. The number of aromatic carboxylic acids is 1. The van der Waals surface area contributed by atoms with Gasteiger partial charge in [0.2, 0.25) is 0 Å². The molecule has 15 heavy (non-hydrogen) atoms. The molecule has 0 aliphatic rings. The van der Waals surface area contributed by atoms with E-state index in [0.717, 1.165) is 4.90 Å². The summed E-state index contributed by atoms with van der Waals surface area (Å²) in [5, 5.41) is 8.59. The third kappa shape index (κ3) is 3.40. The second-order valence-electron chi connectivity index (χ2n) is 3.20. The predicted molar refractivity (Wildman–Crippen MR) is 59.4 cm³/mol. The minimum Gasteiger partial charge on any atom is -0.478 e. The Kier molecular flexibility index (Phi) is 3.91. The molecule has 4 heteroatoms. The van der Waals surface area contributed by atoms with E-state index in [2.05, 4.69) is 0 Å². The normalized spacial score (nSPS) is 12.1. The number of thioether (sulfide) groups is 1. The molecule has 80 valence electrons. The molecule has 1 aromatic carbocycles. The molecule has 0 aliphatic carbocycles. The highest BCUT2D eigenvalue weighted by atomic mass is 32.2. The molecule has 0 fully saturated rings. The second kappa shape index (κ2) is 4.98. The summed E-state index contributed by atoms with van der Waals surface area (Å²) in [6.45, 7) is 3.38. The Morgan fingerprint density at radius 1 is 1.27 bits per heavy atom. The fraction of sp³-hybridized carbons (Fsp3) is 0.273. The van der Waals surface area contributed by atoms with Crippen LogP contribution in [-0.4, -0.2) is 22.1 Å². The lowest BCUT2D eigenvalue weighted by Gasteiger charge is -2.06. The van der Waals surface area contributed by atoms with Gasteiger partial charge in [-0.25, -0.2) is 4.79 Å². The van der Waals surface area contributed by atoms with Crippen LogP contribution in [0.3, 0.4) is 0 Å². The Morgan fingerprint density at radius 2 is 1.80 bits per heavy atom. The van der Waals surface area contributed by atoms with Gasteiger partial charge in [-0.3, -0.25) is 4.79 Å². The van der Waals surface area contributed by atoms with Crippen LogP contribution in [0.4, 0.5) is 0 Å². The van der Waals surface area contributed by atoms with Crippen molar-refractivity contribution < 1.29 is 14.7 Å². The van der Waals surface area contributed by atoms with Gasteiger partial charge >= 0.3 is 5.97 Å². The Hall–Kier alpha value is -1.29. The molecule has 1 rings (SSSR count). The molecule has 0 aromatic heterocycles. The fourth-order valence-corrected chi connectivity index (χ4v) is 1.83. The summed E-state index contributed by atoms with van der Waals surface area (Å²) in [5.41, 5.74) is 0.259. The van der Waals surface area contributed by atoms with Gasteiger partial charge in [0, 0.05) is 4.90 Å². The minimum absolute atomic E-state index is 0.0966. The van der Waals surface area contributed by atoms with Crippen LogP contribution in [0, 0.1) is 0 Å². The summed E-state index contributed by atoms with van der Waals surface area (Å²) in [4.78, 5) is 22.5. The number of hydrogen-bond donors (Lipinski definition) is 1. The molecule has 1 N–H and O–H groups in total. The number of carboxylic acid groups (broad SMARTS) is 1. The monoisotopic (exact) mass is 224 g/mol. The van der Waals surface area contributed by atoms with Gasteiger partial charge in [-0.05, 0) is 38.1 Å². The van der Waals surface area contributed by atoms with Crippen molar-refractivity contribution in [2.75, 3.05) is 0 Å². The van der Waals surface area contributed by atoms with Gasteiger partial charge in [-0.1, -0.05) is 0 Å². The van der Waals surface area contributed by atoms with E-state index in [0.29, 0.717) is 0 Å². The largest absolute Gasteiger partial charge is 0.478 e. The molecule has 0 bridgehead atoms. The molecule has 0 spiro atoms. The molecule has 0 saturated heterocycles. The van der Waals surface area contributed by atoms with Crippen molar-refractivity contribution in [3.8, 4) is 0 Å². The first-order chi connectivity index (χ1) is 7.00. The number of carboxylic acids is 1. The zero-order chi connectivity index (χ0) is 11.4. The number of rotatable bonds is 4. The van der Waals surface area contributed by atoms with Crippen LogP contribution in [-0.2, 0) is 4.79 Å². The molecule has 0 saturated carbocycles. The molecular formula is C11H12O3S. The van der Waals surface area contributed by atoms with E-state index in [1.165, 1.54) is 23.9 Å². The summed E-state index contributed by atoms with van der Waals surface area (Å²) in [6, 6.07) is 6.51. The van der Waals surface area contributed by atoms with Crippen LogP contribution in [0.25, 0.3) is 0 Å². The van der Waals surface area contributed by atoms with E-state index < -0.39 is 5.97 Å². The zero-order valence-corrected chi connectivity index (χ0v) is 9.38. The Morgan fingerprint density at radius 3 is 2.20 bits per heavy atom. The van der Waals surface area contributed by atoms with Crippen LogP contribution >= 0.6 is 11.8 Å². The van der Waals surface area contributed by atoms with Crippen LogP contribution in [0.2, 0.25) is 0 Å². The van der Waals surface area contributed by atoms with Crippen LogP contribution in [0.1, 0.15) is 24.2 Å². The van der Waals surface area contributed by atoms with Gasteiger partial charge in [0.25, 0.3) is 0 Å². The summed E-state index contributed by atoms with van der Waals surface area (Å²) < 4.78 is 0. The number of benzene rings is 1. The van der Waals surface area contributed by atoms with Crippen molar-refractivity contribution in [1.82, 2.24) is 0 Å². The van der Waals surface area contributed by atoms with Crippen molar-refractivity contribution in [2.24, 2.45) is 0 Å². The summed E-state index contributed by atoms with van der Waals surface area (Å²) in [6.07, 6.45) is 0. The van der Waals surface area contributed by atoms with E-state index >= 15 is 0 Å². The van der Waals surface area contributed by atoms with Crippen molar-refractivity contribution in [3.05, 3.63) is 29.8 Å². The third-order valence-corrected chi connectivity index (χ3v) is 3.22. The Labute approximate surface area is 92.5 Å². The van der Waals surface area contributed by atoms with Gasteiger partial charge in [-0.15, -0.1) is 11.8 Å². The van der Waals surface area contributed by atoms with Gasteiger partial charge in [0.05, 0.1) is 10.8 Å². The van der Waals surface area contributed by atoms with E-state index in [4.69, 9.17) is 5.11 Å². The van der Waals surface area contributed by atoms with Gasteiger partial charge in [0.15, 0.2) is 0 Å². The molecule has 1 aromatic rings. The Bertz CT molecular complexity index is 370. The molecule has 0 amide bonds. The molecule has 0 radical (unpaired) electrons. The minimum atomic E-state index is -0.939. The van der Waals surface area contributed by atoms with Gasteiger partial charge < -0.3 is 5.11 Å². The number of carbonyl (C=O) groups is 2. The standard InChI is InChI=1S/C11H12O3S/c1-7(12)8(2)15-10-5-3-9(4-6-10)11(13)14/h3-6,8H,1-2H3,(H,13,14). The lowest BCUT2D eigenvalue weighted by molar-refractivity contribution is -0.116. The third-order valence-electron chi connectivity index (χ3n) is 1.99. The van der Waals surface area contributed by atoms with Crippen LogP contribution in [0.15, 0.2) is 29.2 Å². The van der Waals surface area contributed by atoms with Crippen molar-refractivity contribution in [2.45, 2.75) is 24.0 Å². The molecule has 1 atom stereocenters. The zero-order valence-electron chi connectivity index (χ0n) is 8.56. The highest BCUT2D eigenvalue weighted by Gasteiger charge is 2.09. The molecule has 0 aliphatic heterocycles. The van der Waals surface area contributed by atoms with Gasteiger partial charge in [-0.2, -0.15) is 0 Å². The lowest BCUT2D eigenvalue weighted by atomic mass is 10.2. The quantitative estimate of drug-likeness (QED) is 0.798. The summed E-state index contributed by atoms with van der Waals surface area (Å²) >= 11 is 1.43. The van der Waals surface area contributed by atoms with E-state index in [-0.39, 0.29) is 16.6 Å². The maximum atomic E-state index is 11.0. The number of hydrogen-bond acceptors (Lipinski definition) is 3. The number of ketones is 1. The average Bonchev–Trinajstić information content (AvgIpc) is 2.18. The highest BCUT2D eigenvalue weighted by molar-refractivity contribution is 8.00. The number of Topliss-reactive ketones (excluding diaryl/α,β-unsaturated/α-hetero) is 1. The highest BCUT2D eigenvalue weighted by Crippen LogP contribution is 2.23. The first-order valence-electron chi connectivity index (χ1n) is 4.51. The molecule has 0 heterocycles. The first kappa shape index (κ1) is 11.8. The van der Waals surface area contributed by atoms with Gasteiger partial charge in [0.1, 0.15) is 5.78 Å². The van der Waals surface area contributed by atoms with Crippen LogP contribution in [0.5, 0.6) is 0 Å². The van der Waals surface area contributed by atoms with Crippen LogP contribution < -0.4 is 0 Å².